The molecule has 17 heavy (non-hydrogen) atoms. The molecule has 0 saturated heterocycles. The molecule has 0 saturated carbocycles. The van der Waals surface area contributed by atoms with Crippen LogP contribution in [0.2, 0.25) is 0 Å². The minimum atomic E-state index is 0.0411. The number of hydrogen-bond donors (Lipinski definition) is 1. The van der Waals surface area contributed by atoms with Crippen molar-refractivity contribution in [3.8, 4) is 0 Å². The van der Waals surface area contributed by atoms with Gasteiger partial charge in [0.1, 0.15) is 0 Å². The molecule has 0 aromatic heterocycles. The Bertz CT molecular complexity index is 191. The van der Waals surface area contributed by atoms with E-state index in [9.17, 15) is 4.79 Å². The molecule has 2 unspecified atom stereocenters. The van der Waals surface area contributed by atoms with Crippen LogP contribution in [0.15, 0.2) is 0 Å². The monoisotopic (exact) mass is 258 g/mol. The van der Waals surface area contributed by atoms with Crippen LogP contribution in [0.1, 0.15) is 78.6 Å². The Morgan fingerprint density at radius 2 is 1.59 bits per heavy atom. The summed E-state index contributed by atoms with van der Waals surface area (Å²) in [5.41, 5.74) is 0. The quantitative estimate of drug-likeness (QED) is 0.396. The van der Waals surface area contributed by atoms with E-state index in [-0.39, 0.29) is 11.0 Å². The highest BCUT2D eigenvalue weighted by Crippen LogP contribution is 2.21. The van der Waals surface area contributed by atoms with Crippen LogP contribution in [0.3, 0.4) is 0 Å². The normalized spacial score (nSPS) is 14.6. The van der Waals surface area contributed by atoms with Gasteiger partial charge in [0, 0.05) is 5.92 Å². The molecule has 0 fully saturated rings. The first kappa shape index (κ1) is 17.0. The molecule has 0 N–H and O–H groups in total. The van der Waals surface area contributed by atoms with Crippen LogP contribution in [0.25, 0.3) is 0 Å². The van der Waals surface area contributed by atoms with Gasteiger partial charge in [0.2, 0.25) is 0 Å². The fraction of sp³-hybridized carbons (Fsp3) is 0.933. The average Bonchev–Trinajstić information content (AvgIpc) is 2.32. The average molecular weight is 258 g/mol. The predicted molar refractivity (Wildman–Crippen MR) is 79.5 cm³/mol. The Morgan fingerprint density at radius 1 is 1.00 bits per heavy atom. The first-order valence-electron chi connectivity index (χ1n) is 7.34. The van der Waals surface area contributed by atoms with Crippen molar-refractivity contribution in [2.75, 3.05) is 0 Å². The lowest BCUT2D eigenvalue weighted by atomic mass is 9.92. The Hall–Kier alpha value is 0.0200. The molecule has 2 atom stereocenters. The minimum Gasteiger partial charge on any atom is -0.287 e. The van der Waals surface area contributed by atoms with Crippen molar-refractivity contribution in [3.63, 3.8) is 0 Å². The summed E-state index contributed by atoms with van der Waals surface area (Å²) in [5.74, 6) is 1.07. The zero-order valence-electron chi connectivity index (χ0n) is 11.9. The fourth-order valence-corrected chi connectivity index (χ4v) is 2.36. The maximum atomic E-state index is 10.9. The summed E-state index contributed by atoms with van der Waals surface area (Å²) in [6.07, 6.45) is 11.6. The van der Waals surface area contributed by atoms with E-state index in [0.717, 1.165) is 12.3 Å². The molecule has 2 heteroatoms. The van der Waals surface area contributed by atoms with E-state index in [1.54, 1.807) is 0 Å². The van der Waals surface area contributed by atoms with Gasteiger partial charge in [-0.05, 0) is 12.3 Å². The summed E-state index contributed by atoms with van der Waals surface area (Å²) in [6, 6.07) is 0. The second-order valence-electron chi connectivity index (χ2n) is 5.29. The van der Waals surface area contributed by atoms with Gasteiger partial charge in [0.15, 0.2) is 5.12 Å². The molecule has 0 amide bonds. The summed E-state index contributed by atoms with van der Waals surface area (Å²) in [5, 5.41) is 0.0411. The first-order chi connectivity index (χ1) is 8.11. The molecule has 0 spiro atoms. The second-order valence-corrected chi connectivity index (χ2v) is 5.73. The highest BCUT2D eigenvalue weighted by Gasteiger charge is 2.08. The number of unbranched alkanes of at least 4 members (excludes halogenated alkanes) is 3. The van der Waals surface area contributed by atoms with Crippen molar-refractivity contribution in [1.82, 2.24) is 0 Å². The van der Waals surface area contributed by atoms with E-state index >= 15 is 0 Å². The van der Waals surface area contributed by atoms with E-state index in [1.807, 2.05) is 6.92 Å². The van der Waals surface area contributed by atoms with Crippen molar-refractivity contribution in [3.05, 3.63) is 0 Å². The maximum Gasteiger partial charge on any atom is 0.188 e. The van der Waals surface area contributed by atoms with Crippen molar-refractivity contribution in [1.29, 1.82) is 0 Å². The molecule has 0 radical (unpaired) electrons. The summed E-state index contributed by atoms with van der Waals surface area (Å²) < 4.78 is 0. The minimum absolute atomic E-state index is 0.0411. The first-order valence-corrected chi connectivity index (χ1v) is 7.79. The van der Waals surface area contributed by atoms with E-state index in [4.69, 9.17) is 0 Å². The molecule has 0 rings (SSSR count). The van der Waals surface area contributed by atoms with E-state index < -0.39 is 0 Å². The Kier molecular flexibility index (Phi) is 11.1. The van der Waals surface area contributed by atoms with Crippen molar-refractivity contribution >= 4 is 17.7 Å². The van der Waals surface area contributed by atoms with Gasteiger partial charge >= 0.3 is 0 Å². The van der Waals surface area contributed by atoms with Gasteiger partial charge in [-0.1, -0.05) is 72.1 Å². The molecule has 0 aromatic rings. The van der Waals surface area contributed by atoms with Crippen LogP contribution in [-0.2, 0) is 4.79 Å². The topological polar surface area (TPSA) is 17.1 Å². The van der Waals surface area contributed by atoms with Crippen LogP contribution >= 0.6 is 12.6 Å². The maximum absolute atomic E-state index is 10.9. The molecule has 0 aliphatic heterocycles. The number of thiol groups is 1. The van der Waals surface area contributed by atoms with Gasteiger partial charge < -0.3 is 0 Å². The van der Waals surface area contributed by atoms with Gasteiger partial charge in [-0.3, -0.25) is 4.79 Å². The lowest BCUT2D eigenvalue weighted by Crippen LogP contribution is -2.03. The molecule has 1 nitrogen and oxygen atoms in total. The number of hydrogen-bond acceptors (Lipinski definition) is 1. The molecule has 0 aromatic carbocycles. The molecular formula is C15H30OS. The molecule has 0 heterocycles. The van der Waals surface area contributed by atoms with Gasteiger partial charge in [-0.15, -0.1) is 12.6 Å². The van der Waals surface area contributed by atoms with Crippen molar-refractivity contribution in [2.45, 2.75) is 78.6 Å². The number of carbonyl (C=O) groups is 1. The van der Waals surface area contributed by atoms with Gasteiger partial charge in [-0.2, -0.15) is 0 Å². The lowest BCUT2D eigenvalue weighted by molar-refractivity contribution is -0.113. The zero-order chi connectivity index (χ0) is 13.1. The third kappa shape index (κ3) is 9.70. The van der Waals surface area contributed by atoms with Gasteiger partial charge in [0.05, 0.1) is 0 Å². The zero-order valence-corrected chi connectivity index (χ0v) is 12.8. The third-order valence-corrected chi connectivity index (χ3v) is 4.16. The Balaban J connectivity index is 3.45. The highest BCUT2D eigenvalue weighted by atomic mass is 32.1. The lowest BCUT2D eigenvalue weighted by Gasteiger charge is -2.14. The molecule has 0 aliphatic rings. The van der Waals surface area contributed by atoms with Crippen LogP contribution in [0, 0.1) is 11.8 Å². The Morgan fingerprint density at radius 3 is 2.12 bits per heavy atom. The van der Waals surface area contributed by atoms with Crippen LogP contribution < -0.4 is 0 Å². The number of carbonyl (C=O) groups excluding carboxylic acids is 1. The van der Waals surface area contributed by atoms with E-state index in [0.29, 0.717) is 0 Å². The van der Waals surface area contributed by atoms with Crippen LogP contribution in [-0.4, -0.2) is 5.12 Å². The highest BCUT2D eigenvalue weighted by molar-refractivity contribution is 7.96. The smallest absolute Gasteiger partial charge is 0.188 e. The van der Waals surface area contributed by atoms with E-state index in [1.165, 1.54) is 51.4 Å². The fourth-order valence-electron chi connectivity index (χ4n) is 2.23. The van der Waals surface area contributed by atoms with Crippen LogP contribution in [0.4, 0.5) is 0 Å². The van der Waals surface area contributed by atoms with E-state index in [2.05, 4.69) is 26.5 Å². The van der Waals surface area contributed by atoms with Crippen molar-refractivity contribution in [2.24, 2.45) is 11.8 Å². The van der Waals surface area contributed by atoms with Crippen LogP contribution in [0.5, 0.6) is 0 Å². The third-order valence-electron chi connectivity index (χ3n) is 3.71. The SMILES string of the molecule is CCCCC(CC)CCCCCC(C)C(=O)S. The molecule has 0 aliphatic carbocycles. The largest absolute Gasteiger partial charge is 0.287 e. The van der Waals surface area contributed by atoms with Gasteiger partial charge in [-0.25, -0.2) is 0 Å². The second kappa shape index (κ2) is 11.1. The van der Waals surface area contributed by atoms with Gasteiger partial charge in [0.25, 0.3) is 0 Å². The molecule has 102 valence electrons. The molecular weight excluding hydrogens is 228 g/mol. The number of rotatable bonds is 11. The Labute approximate surface area is 113 Å². The summed E-state index contributed by atoms with van der Waals surface area (Å²) in [6.45, 7) is 6.55. The standard InChI is InChI=1S/C15H30OS/c1-4-6-11-14(5-2)12-9-7-8-10-13(3)15(16)17/h13-14H,4-12H2,1-3H3,(H,16,17). The summed E-state index contributed by atoms with van der Waals surface area (Å²) in [4.78, 5) is 10.9. The van der Waals surface area contributed by atoms with Crippen molar-refractivity contribution < 1.29 is 4.79 Å². The summed E-state index contributed by atoms with van der Waals surface area (Å²) >= 11 is 3.87. The summed E-state index contributed by atoms with van der Waals surface area (Å²) in [7, 11) is 0. The predicted octanol–water partition coefficient (Wildman–Crippen LogP) is 5.25. The molecule has 0 bridgehead atoms.